The summed E-state index contributed by atoms with van der Waals surface area (Å²) in [6.07, 6.45) is 7.55. The molecular weight excluding hydrogens is 693 g/mol. The molecule has 0 bridgehead atoms. The van der Waals surface area contributed by atoms with E-state index in [1.165, 1.54) is 43.1 Å². The second-order valence-electron chi connectivity index (χ2n) is 11.7. The van der Waals surface area contributed by atoms with Gasteiger partial charge in [-0.05, 0) is 80.4 Å². The van der Waals surface area contributed by atoms with E-state index in [-0.39, 0.29) is 86.2 Å². The third-order valence-electron chi connectivity index (χ3n) is 8.89. The zero-order valence-electron chi connectivity index (χ0n) is 25.3. The molecule has 1 amide bonds. The minimum absolute atomic E-state index is 0. The van der Waals surface area contributed by atoms with Crippen LogP contribution >= 0.6 is 0 Å². The van der Waals surface area contributed by atoms with Gasteiger partial charge in [0.1, 0.15) is 12.2 Å². The maximum atomic E-state index is 12.8. The number of hydrogen-bond donors (Lipinski definition) is 2. The Bertz CT molecular complexity index is 1280. The predicted octanol–water partition coefficient (Wildman–Crippen LogP) is 4.31. The molecule has 2 saturated carbocycles. The van der Waals surface area contributed by atoms with Crippen LogP contribution in [0.2, 0.25) is 0 Å². The molecule has 44 heavy (non-hydrogen) atoms. The standard InChI is InChI=1S/C20H23F3N2O.C10H17N2O3.H2O.V.Y/c21-20(22,23)14-8-9-16-18(11-14)25-19(26)17(24-16)5-3-1-2-4-12-6-7-13-10-15(12)13;1-3-11(15)6-10(14)12-5-4-8(2)9(12)7-13;;;/h8-9,11-13,15H,1-7,10H2,(H,25,26);8-9,15H,3-6H2,1-2H3;1H2;;/q;-1;;;. The number of aromatic amines is 1. The van der Waals surface area contributed by atoms with E-state index in [9.17, 15) is 32.8 Å². The van der Waals surface area contributed by atoms with Crippen LogP contribution in [0, 0.1) is 23.7 Å². The van der Waals surface area contributed by atoms with E-state index in [4.69, 9.17) is 0 Å². The van der Waals surface area contributed by atoms with Crippen LogP contribution in [-0.2, 0) is 73.5 Å². The van der Waals surface area contributed by atoms with Gasteiger partial charge in [-0.1, -0.05) is 39.2 Å². The number of halogens is 3. The Labute approximate surface area is 293 Å². The van der Waals surface area contributed by atoms with E-state index in [0.717, 1.165) is 54.2 Å². The van der Waals surface area contributed by atoms with E-state index in [1.54, 1.807) is 6.92 Å². The van der Waals surface area contributed by atoms with Gasteiger partial charge in [0.2, 0.25) is 5.91 Å². The van der Waals surface area contributed by atoms with Gasteiger partial charge in [0.05, 0.1) is 16.6 Å². The Morgan fingerprint density at radius 1 is 1.20 bits per heavy atom. The normalized spacial score (nSPS) is 23.5. The number of H-pyrrole nitrogens is 1. The number of carbonyl (C=O) groups excluding carboxylic acids is 2. The number of likely N-dealkylation sites (tertiary alicyclic amines) is 1. The number of nitrogens with zero attached hydrogens (tertiary/aromatic N) is 3. The predicted molar refractivity (Wildman–Crippen MR) is 151 cm³/mol. The third kappa shape index (κ3) is 10.7. The van der Waals surface area contributed by atoms with E-state index >= 15 is 0 Å². The molecule has 1 aromatic carbocycles. The van der Waals surface area contributed by atoms with Crippen molar-refractivity contribution in [3.05, 3.63) is 39.8 Å². The average Bonchev–Trinajstić information content (AvgIpc) is 3.45. The van der Waals surface area contributed by atoms with Crippen LogP contribution in [0.15, 0.2) is 23.0 Å². The fourth-order valence-electron chi connectivity index (χ4n) is 6.29. The first-order valence-corrected chi connectivity index (χ1v) is 14.7. The smallest absolute Gasteiger partial charge is 0.416 e. The molecule has 1 aromatic heterocycles. The number of aromatic nitrogens is 2. The van der Waals surface area contributed by atoms with Crippen LogP contribution < -0.4 is 5.56 Å². The van der Waals surface area contributed by atoms with Gasteiger partial charge >= 0.3 is 6.18 Å². The number of amides is 1. The van der Waals surface area contributed by atoms with Crippen molar-refractivity contribution < 1.29 is 84.7 Å². The molecule has 2 aliphatic carbocycles. The Balaban J connectivity index is 0.000000468. The Kier molecular flexibility index (Phi) is 17.0. The maximum absolute atomic E-state index is 12.8. The molecule has 242 valence electrons. The SMILES string of the molecule is CCN(O)CC(=O)N1CCC(C)C1[C-]=O.O.O=c1[nH]c2cc(C(F)(F)F)ccc2nc1CCCCCC1CCC2CC12.[V].[Y]. The van der Waals surface area contributed by atoms with Crippen molar-refractivity contribution in [1.82, 2.24) is 19.9 Å². The number of fused-ring (bicyclic) bond motifs is 2. The second-order valence-corrected chi connectivity index (χ2v) is 11.7. The van der Waals surface area contributed by atoms with Gasteiger partial charge in [-0.3, -0.25) is 9.59 Å². The molecule has 2 radical (unpaired) electrons. The van der Waals surface area contributed by atoms with Crippen molar-refractivity contribution in [2.45, 2.75) is 83.9 Å². The Morgan fingerprint density at radius 3 is 2.52 bits per heavy atom. The number of benzene rings is 1. The molecule has 5 unspecified atom stereocenters. The summed E-state index contributed by atoms with van der Waals surface area (Å²) in [5.41, 5.74) is -0.207. The van der Waals surface area contributed by atoms with Gasteiger partial charge in [0, 0.05) is 64.4 Å². The fourth-order valence-corrected chi connectivity index (χ4v) is 6.29. The number of aryl methyl sites for hydroxylation is 1. The summed E-state index contributed by atoms with van der Waals surface area (Å²) in [6.45, 7) is 4.60. The number of alkyl halides is 3. The van der Waals surface area contributed by atoms with Crippen LogP contribution in [0.3, 0.4) is 0 Å². The van der Waals surface area contributed by atoms with Crippen molar-refractivity contribution in [3.63, 3.8) is 0 Å². The van der Waals surface area contributed by atoms with Crippen molar-refractivity contribution >= 4 is 23.2 Å². The molecule has 3 fully saturated rings. The zero-order valence-corrected chi connectivity index (χ0v) is 29.5. The van der Waals surface area contributed by atoms with Crippen molar-refractivity contribution in [3.8, 4) is 0 Å². The van der Waals surface area contributed by atoms with Gasteiger partial charge in [-0.25, -0.2) is 11.3 Å². The first kappa shape index (κ1) is 40.9. The molecular formula is C30H42F3N4O5VY-. The Morgan fingerprint density at radius 2 is 1.93 bits per heavy atom. The van der Waals surface area contributed by atoms with Gasteiger partial charge < -0.3 is 25.4 Å². The second kappa shape index (κ2) is 18.3. The summed E-state index contributed by atoms with van der Waals surface area (Å²) >= 11 is 0. The van der Waals surface area contributed by atoms with Gasteiger partial charge in [-0.15, -0.1) is 0 Å². The van der Waals surface area contributed by atoms with Crippen molar-refractivity contribution in [2.24, 2.45) is 23.7 Å². The summed E-state index contributed by atoms with van der Waals surface area (Å²) in [5, 5.41) is 10.1. The summed E-state index contributed by atoms with van der Waals surface area (Å²) in [6, 6.07) is 2.83. The van der Waals surface area contributed by atoms with E-state index in [2.05, 4.69) is 9.97 Å². The summed E-state index contributed by atoms with van der Waals surface area (Å²) in [5.74, 6) is 2.90. The van der Waals surface area contributed by atoms with Crippen molar-refractivity contribution in [1.29, 1.82) is 0 Å². The minimum Gasteiger partial charge on any atom is -0.540 e. The van der Waals surface area contributed by atoms with Crippen LogP contribution in [0.25, 0.3) is 11.0 Å². The summed E-state index contributed by atoms with van der Waals surface area (Å²) in [7, 11) is 0. The molecule has 1 aliphatic heterocycles. The fraction of sp³-hybridized carbons (Fsp3) is 0.667. The molecule has 0 spiro atoms. The average molecular weight is 736 g/mol. The third-order valence-corrected chi connectivity index (χ3v) is 8.89. The van der Waals surface area contributed by atoms with Crippen LogP contribution in [-0.4, -0.2) is 68.5 Å². The summed E-state index contributed by atoms with van der Waals surface area (Å²) in [4.78, 5) is 42.8. The van der Waals surface area contributed by atoms with Gasteiger partial charge in [0.25, 0.3) is 5.56 Å². The summed E-state index contributed by atoms with van der Waals surface area (Å²) < 4.78 is 38.3. The molecule has 1 saturated heterocycles. The first-order chi connectivity index (χ1) is 19.5. The maximum Gasteiger partial charge on any atom is 0.416 e. The molecule has 3 aliphatic rings. The molecule has 9 nitrogen and oxygen atoms in total. The molecule has 5 atom stereocenters. The van der Waals surface area contributed by atoms with E-state index in [1.807, 2.05) is 13.2 Å². The number of likely N-dealkylation sites (N-methyl/N-ethyl adjacent to an activating group) is 1. The quantitative estimate of drug-likeness (QED) is 0.212. The van der Waals surface area contributed by atoms with E-state index < -0.39 is 17.8 Å². The molecule has 5 rings (SSSR count). The number of hydrogen-bond acceptors (Lipinski definition) is 6. The largest absolute Gasteiger partial charge is 0.540 e. The van der Waals surface area contributed by atoms with Crippen LogP contribution in [0.5, 0.6) is 0 Å². The number of nitrogens with one attached hydrogen (secondary N) is 1. The number of rotatable bonds is 10. The Hall–Kier alpha value is -1.14. The van der Waals surface area contributed by atoms with Gasteiger partial charge in [-0.2, -0.15) is 18.2 Å². The van der Waals surface area contributed by atoms with Crippen LogP contribution in [0.1, 0.15) is 76.5 Å². The monoisotopic (exact) mass is 735 g/mol. The first-order valence-electron chi connectivity index (χ1n) is 14.7. The topological polar surface area (TPSA) is 138 Å². The van der Waals surface area contributed by atoms with E-state index in [0.29, 0.717) is 30.7 Å². The molecule has 4 N–H and O–H groups in total. The minimum atomic E-state index is -4.43. The van der Waals surface area contributed by atoms with Gasteiger partial charge in [0.15, 0.2) is 0 Å². The number of unbranched alkanes of at least 4 members (excludes halogenated alkanes) is 2. The van der Waals surface area contributed by atoms with Crippen LogP contribution in [0.4, 0.5) is 13.2 Å². The number of carbonyl (C=O) groups is 1. The zero-order chi connectivity index (χ0) is 29.7. The molecule has 2 aromatic rings. The number of hydroxylamine groups is 2. The molecule has 14 heteroatoms. The van der Waals surface area contributed by atoms with Crippen molar-refractivity contribution in [2.75, 3.05) is 19.6 Å². The molecule has 2 heterocycles.